The molecule has 0 amide bonds. The molecule has 0 saturated heterocycles. The first-order valence-electron chi connectivity index (χ1n) is 6.47. The lowest BCUT2D eigenvalue weighted by atomic mass is 10.1. The van der Waals surface area contributed by atoms with Gasteiger partial charge in [-0.25, -0.2) is 0 Å². The summed E-state index contributed by atoms with van der Waals surface area (Å²) in [5.41, 5.74) is 0.442. The maximum Gasteiger partial charge on any atom is 0.122 e. The number of aliphatic hydroxyl groups is 1. The van der Waals surface area contributed by atoms with Crippen molar-refractivity contribution in [2.45, 2.75) is 25.9 Å². The van der Waals surface area contributed by atoms with Crippen LogP contribution in [0, 0.1) is 0 Å². The van der Waals surface area contributed by atoms with Crippen molar-refractivity contribution in [3.63, 3.8) is 0 Å². The molecule has 0 aliphatic heterocycles. The van der Waals surface area contributed by atoms with Crippen molar-refractivity contribution >= 4 is 0 Å². The maximum absolute atomic E-state index is 9.78. The Morgan fingerprint density at radius 1 is 1.21 bits per heavy atom. The lowest BCUT2D eigenvalue weighted by molar-refractivity contribution is 0.0449. The molecule has 0 aromatic heterocycles. The number of ether oxygens (including phenoxy) is 2. The summed E-state index contributed by atoms with van der Waals surface area (Å²) in [5.74, 6) is 1.71. The van der Waals surface area contributed by atoms with Gasteiger partial charge < -0.3 is 19.5 Å². The fraction of sp³-hybridized carbons (Fsp3) is 0.600. The summed E-state index contributed by atoms with van der Waals surface area (Å²) in [6, 6.07) is 5.81. The molecular weight excluding hydrogens is 242 g/mol. The number of methoxy groups -OCH3 is 2. The number of nitrogens with zero attached hydrogens (tertiary/aromatic N) is 1. The average Bonchev–Trinajstić information content (AvgIpc) is 2.33. The predicted octanol–water partition coefficient (Wildman–Crippen LogP) is 1.95. The zero-order valence-electron chi connectivity index (χ0n) is 12.6. The van der Waals surface area contributed by atoms with Gasteiger partial charge in [0, 0.05) is 13.1 Å². The molecule has 4 heteroatoms. The molecule has 1 aromatic carbocycles. The number of rotatable bonds is 7. The van der Waals surface area contributed by atoms with E-state index in [1.807, 2.05) is 39.1 Å². The van der Waals surface area contributed by atoms with Crippen LogP contribution in [0.3, 0.4) is 0 Å². The molecule has 108 valence electrons. The van der Waals surface area contributed by atoms with Gasteiger partial charge in [-0.15, -0.1) is 0 Å². The lowest BCUT2D eigenvalue weighted by Gasteiger charge is -2.25. The zero-order valence-corrected chi connectivity index (χ0v) is 12.6. The Hall–Kier alpha value is -1.26. The van der Waals surface area contributed by atoms with Gasteiger partial charge in [0.15, 0.2) is 0 Å². The van der Waals surface area contributed by atoms with Crippen LogP contribution in [0.4, 0.5) is 0 Å². The molecule has 0 spiro atoms. The molecule has 1 rings (SSSR count). The second-order valence-electron chi connectivity index (χ2n) is 5.48. The van der Waals surface area contributed by atoms with E-state index in [1.165, 1.54) is 0 Å². The van der Waals surface area contributed by atoms with Crippen LogP contribution >= 0.6 is 0 Å². The highest BCUT2D eigenvalue weighted by atomic mass is 16.5. The van der Waals surface area contributed by atoms with Gasteiger partial charge in [0.2, 0.25) is 0 Å². The minimum atomic E-state index is -0.673. The van der Waals surface area contributed by atoms with E-state index in [0.29, 0.717) is 6.54 Å². The fourth-order valence-electron chi connectivity index (χ4n) is 2.13. The Labute approximate surface area is 115 Å². The fourth-order valence-corrected chi connectivity index (χ4v) is 2.13. The second kappa shape index (κ2) is 6.78. The van der Waals surface area contributed by atoms with Gasteiger partial charge in [-0.05, 0) is 51.1 Å². The van der Waals surface area contributed by atoms with Gasteiger partial charge in [0.05, 0.1) is 19.8 Å². The molecule has 0 fully saturated rings. The normalized spacial score (nSPS) is 11.7. The van der Waals surface area contributed by atoms with Crippen molar-refractivity contribution in [2.75, 3.05) is 34.4 Å². The molecule has 19 heavy (non-hydrogen) atoms. The Kier molecular flexibility index (Phi) is 5.63. The van der Waals surface area contributed by atoms with Crippen LogP contribution in [0.25, 0.3) is 0 Å². The van der Waals surface area contributed by atoms with Crippen LogP contribution in [0.2, 0.25) is 0 Å². The van der Waals surface area contributed by atoms with Crippen molar-refractivity contribution in [3.8, 4) is 11.5 Å². The molecule has 4 nitrogen and oxygen atoms in total. The van der Waals surface area contributed by atoms with Crippen molar-refractivity contribution in [2.24, 2.45) is 0 Å². The zero-order chi connectivity index (χ0) is 14.5. The molecular formula is C15H25NO3. The van der Waals surface area contributed by atoms with Gasteiger partial charge >= 0.3 is 0 Å². The van der Waals surface area contributed by atoms with E-state index in [4.69, 9.17) is 9.47 Å². The van der Waals surface area contributed by atoms with E-state index in [-0.39, 0.29) is 0 Å². The van der Waals surface area contributed by atoms with Crippen LogP contribution in [-0.2, 0) is 6.42 Å². The highest BCUT2D eigenvalue weighted by Gasteiger charge is 2.15. The first-order chi connectivity index (χ1) is 8.85. The number of hydrogen-bond acceptors (Lipinski definition) is 4. The monoisotopic (exact) mass is 267 g/mol. The third-order valence-corrected chi connectivity index (χ3v) is 2.91. The Morgan fingerprint density at radius 2 is 1.89 bits per heavy atom. The van der Waals surface area contributed by atoms with Gasteiger partial charge in [-0.1, -0.05) is 0 Å². The van der Waals surface area contributed by atoms with Crippen molar-refractivity contribution in [1.29, 1.82) is 0 Å². The molecule has 0 heterocycles. The lowest BCUT2D eigenvalue weighted by Crippen LogP contribution is -2.37. The second-order valence-corrected chi connectivity index (χ2v) is 5.48. The summed E-state index contributed by atoms with van der Waals surface area (Å²) in [6.45, 7) is 5.12. The first-order valence-corrected chi connectivity index (χ1v) is 6.47. The van der Waals surface area contributed by atoms with Crippen molar-refractivity contribution in [1.82, 2.24) is 4.90 Å². The Bertz CT molecular complexity index is 399. The smallest absolute Gasteiger partial charge is 0.122 e. The average molecular weight is 267 g/mol. The number of likely N-dealkylation sites (N-methyl/N-ethyl adjacent to an activating group) is 1. The highest BCUT2D eigenvalue weighted by Crippen LogP contribution is 2.24. The minimum absolute atomic E-state index is 0.638. The first kappa shape index (κ1) is 15.8. The SMILES string of the molecule is COc1ccc(OC)c(CCN(C)CC(C)(C)O)c1. The van der Waals surface area contributed by atoms with E-state index < -0.39 is 5.60 Å². The molecule has 0 aliphatic rings. The van der Waals surface area contributed by atoms with Crippen LogP contribution in [-0.4, -0.2) is 50.0 Å². The third kappa shape index (κ3) is 5.49. The van der Waals surface area contributed by atoms with Crippen molar-refractivity contribution < 1.29 is 14.6 Å². The van der Waals surface area contributed by atoms with Crippen LogP contribution < -0.4 is 9.47 Å². The van der Waals surface area contributed by atoms with Crippen LogP contribution in [0.15, 0.2) is 18.2 Å². The topological polar surface area (TPSA) is 41.9 Å². The number of hydrogen-bond donors (Lipinski definition) is 1. The molecule has 0 bridgehead atoms. The van der Waals surface area contributed by atoms with E-state index >= 15 is 0 Å². The molecule has 0 radical (unpaired) electrons. The van der Waals surface area contributed by atoms with Crippen LogP contribution in [0.5, 0.6) is 11.5 Å². The summed E-state index contributed by atoms with van der Waals surface area (Å²) in [4.78, 5) is 2.11. The van der Waals surface area contributed by atoms with Crippen molar-refractivity contribution in [3.05, 3.63) is 23.8 Å². The molecule has 0 unspecified atom stereocenters. The standard InChI is InChI=1S/C15H25NO3/c1-15(2,17)11-16(3)9-8-12-10-13(18-4)6-7-14(12)19-5/h6-7,10,17H,8-9,11H2,1-5H3. The van der Waals surface area contributed by atoms with E-state index in [2.05, 4.69) is 4.90 Å². The number of benzene rings is 1. The summed E-state index contributed by atoms with van der Waals surface area (Å²) in [7, 11) is 5.34. The largest absolute Gasteiger partial charge is 0.497 e. The molecule has 0 atom stereocenters. The molecule has 1 aromatic rings. The summed E-state index contributed by atoms with van der Waals surface area (Å²) in [6.07, 6.45) is 0.854. The third-order valence-electron chi connectivity index (χ3n) is 2.91. The quantitative estimate of drug-likeness (QED) is 0.820. The van der Waals surface area contributed by atoms with Gasteiger partial charge in [0.25, 0.3) is 0 Å². The van der Waals surface area contributed by atoms with Gasteiger partial charge in [-0.2, -0.15) is 0 Å². The Morgan fingerprint density at radius 3 is 2.42 bits per heavy atom. The van der Waals surface area contributed by atoms with Crippen LogP contribution in [0.1, 0.15) is 19.4 Å². The summed E-state index contributed by atoms with van der Waals surface area (Å²) >= 11 is 0. The van der Waals surface area contributed by atoms with Gasteiger partial charge in [0.1, 0.15) is 11.5 Å². The summed E-state index contributed by atoms with van der Waals surface area (Å²) in [5, 5.41) is 9.78. The van der Waals surface area contributed by atoms with E-state index in [1.54, 1.807) is 14.2 Å². The molecule has 0 saturated carbocycles. The molecule has 1 N–H and O–H groups in total. The Balaban J connectivity index is 2.65. The maximum atomic E-state index is 9.78. The highest BCUT2D eigenvalue weighted by molar-refractivity contribution is 5.40. The minimum Gasteiger partial charge on any atom is -0.497 e. The van der Waals surface area contributed by atoms with Gasteiger partial charge in [-0.3, -0.25) is 0 Å². The predicted molar refractivity (Wildman–Crippen MR) is 77.0 cm³/mol. The van der Waals surface area contributed by atoms with E-state index in [9.17, 15) is 5.11 Å². The summed E-state index contributed by atoms with van der Waals surface area (Å²) < 4.78 is 10.6. The molecule has 0 aliphatic carbocycles. The van der Waals surface area contributed by atoms with E-state index in [0.717, 1.165) is 30.0 Å².